The number of non-ortho nitro benzene ring substituents is 1. The van der Waals surface area contributed by atoms with E-state index in [2.05, 4.69) is 0 Å². The normalized spacial score (nSPS) is 13.1. The molecule has 0 saturated heterocycles. The van der Waals surface area contributed by atoms with Gasteiger partial charge in [0.05, 0.1) is 24.7 Å². The Balaban J connectivity index is 2.84. The van der Waals surface area contributed by atoms with Gasteiger partial charge in [-0.2, -0.15) is 0 Å². The predicted molar refractivity (Wildman–Crippen MR) is 74.4 cm³/mol. The molecular weight excluding hydrogens is 280 g/mol. The van der Waals surface area contributed by atoms with Crippen molar-refractivity contribution in [3.05, 3.63) is 28.3 Å². The number of nitro benzene ring substituents is 1. The van der Waals surface area contributed by atoms with Crippen LogP contribution in [0, 0.1) is 10.1 Å². The van der Waals surface area contributed by atoms with Gasteiger partial charge in [-0.3, -0.25) is 10.1 Å². The zero-order valence-corrected chi connectivity index (χ0v) is 12.1. The van der Waals surface area contributed by atoms with Crippen molar-refractivity contribution >= 4 is 11.7 Å². The van der Waals surface area contributed by atoms with Gasteiger partial charge in [-0.25, -0.2) is 4.79 Å². The molecule has 1 rings (SSSR count). The van der Waals surface area contributed by atoms with E-state index in [0.717, 1.165) is 0 Å². The van der Waals surface area contributed by atoms with Gasteiger partial charge in [0.15, 0.2) is 11.5 Å². The molecule has 0 amide bonds. The molecule has 8 nitrogen and oxygen atoms in total. The second-order valence-electron chi connectivity index (χ2n) is 4.52. The van der Waals surface area contributed by atoms with Crippen LogP contribution >= 0.6 is 0 Å². The number of carbonyl (C=O) groups excluding carboxylic acids is 1. The molecule has 1 unspecified atom stereocenters. The van der Waals surface area contributed by atoms with Crippen molar-refractivity contribution in [2.75, 3.05) is 20.3 Å². The van der Waals surface area contributed by atoms with E-state index in [1.54, 1.807) is 6.92 Å². The predicted octanol–water partition coefficient (Wildman–Crippen LogP) is 1.26. The van der Waals surface area contributed by atoms with Crippen molar-refractivity contribution in [1.82, 2.24) is 0 Å². The Morgan fingerprint density at radius 2 is 2.10 bits per heavy atom. The average Bonchev–Trinajstić information content (AvgIpc) is 2.45. The summed E-state index contributed by atoms with van der Waals surface area (Å²) in [6, 6.07) is 3.89. The van der Waals surface area contributed by atoms with Crippen molar-refractivity contribution in [1.29, 1.82) is 0 Å². The molecular formula is C13H18N2O6. The van der Waals surface area contributed by atoms with Gasteiger partial charge in [-0.1, -0.05) is 0 Å². The second-order valence-corrected chi connectivity index (χ2v) is 4.52. The Labute approximate surface area is 121 Å². The first-order valence-corrected chi connectivity index (χ1v) is 6.23. The first-order valence-electron chi connectivity index (χ1n) is 6.23. The van der Waals surface area contributed by atoms with Crippen LogP contribution < -0.4 is 15.2 Å². The third kappa shape index (κ3) is 4.32. The first-order chi connectivity index (χ1) is 9.81. The first kappa shape index (κ1) is 16.7. The molecule has 0 spiro atoms. The van der Waals surface area contributed by atoms with Crippen LogP contribution in [0.3, 0.4) is 0 Å². The average molecular weight is 298 g/mol. The Morgan fingerprint density at radius 3 is 2.62 bits per heavy atom. The molecule has 0 fully saturated rings. The summed E-state index contributed by atoms with van der Waals surface area (Å²) in [7, 11) is 1.36. The third-order valence-electron chi connectivity index (χ3n) is 2.63. The maximum absolute atomic E-state index is 11.6. The fraction of sp³-hybridized carbons (Fsp3) is 0.462. The van der Waals surface area contributed by atoms with Crippen molar-refractivity contribution in [3.63, 3.8) is 0 Å². The standard InChI is InChI=1S/C13H18N2O6/c1-4-20-12(16)13(2,14)8-21-10-6-5-9(15(17)18)7-11(10)19-3/h5-7H,4,8,14H2,1-3H3. The van der Waals surface area contributed by atoms with Gasteiger partial charge >= 0.3 is 5.97 Å². The summed E-state index contributed by atoms with van der Waals surface area (Å²) in [5.74, 6) is -0.154. The van der Waals surface area contributed by atoms with Crippen LogP contribution in [0.25, 0.3) is 0 Å². The molecule has 8 heteroatoms. The van der Waals surface area contributed by atoms with E-state index in [4.69, 9.17) is 19.9 Å². The van der Waals surface area contributed by atoms with Crippen molar-refractivity contribution in [3.8, 4) is 11.5 Å². The molecule has 0 aliphatic heterocycles. The Hall–Kier alpha value is -2.35. The summed E-state index contributed by atoms with van der Waals surface area (Å²) < 4.78 is 15.3. The van der Waals surface area contributed by atoms with Crippen LogP contribution in [-0.4, -0.2) is 36.8 Å². The molecule has 0 radical (unpaired) electrons. The van der Waals surface area contributed by atoms with Crippen molar-refractivity contribution in [2.45, 2.75) is 19.4 Å². The number of rotatable bonds is 7. The summed E-state index contributed by atoms with van der Waals surface area (Å²) in [6.07, 6.45) is 0. The highest BCUT2D eigenvalue weighted by Crippen LogP contribution is 2.31. The van der Waals surface area contributed by atoms with Gasteiger partial charge in [-0.05, 0) is 19.9 Å². The molecule has 0 aromatic heterocycles. The zero-order valence-electron chi connectivity index (χ0n) is 12.1. The van der Waals surface area contributed by atoms with Crippen LogP contribution in [0.5, 0.6) is 11.5 Å². The lowest BCUT2D eigenvalue weighted by Gasteiger charge is -2.22. The van der Waals surface area contributed by atoms with Crippen LogP contribution in [0.15, 0.2) is 18.2 Å². The molecule has 0 aliphatic rings. The molecule has 0 heterocycles. The zero-order chi connectivity index (χ0) is 16.0. The topological polar surface area (TPSA) is 114 Å². The van der Waals surface area contributed by atoms with E-state index in [-0.39, 0.29) is 30.4 Å². The van der Waals surface area contributed by atoms with Crippen LogP contribution in [0.1, 0.15) is 13.8 Å². The summed E-state index contributed by atoms with van der Waals surface area (Å²) in [5.41, 5.74) is 4.36. The monoisotopic (exact) mass is 298 g/mol. The minimum Gasteiger partial charge on any atom is -0.493 e. The number of benzene rings is 1. The lowest BCUT2D eigenvalue weighted by Crippen LogP contribution is -2.51. The summed E-state index contributed by atoms with van der Waals surface area (Å²) in [5, 5.41) is 10.7. The molecule has 116 valence electrons. The Bertz CT molecular complexity index is 529. The quantitative estimate of drug-likeness (QED) is 0.458. The molecule has 1 aromatic carbocycles. The highest BCUT2D eigenvalue weighted by Gasteiger charge is 2.31. The summed E-state index contributed by atoms with van der Waals surface area (Å²) >= 11 is 0. The van der Waals surface area contributed by atoms with E-state index in [0.29, 0.717) is 0 Å². The highest BCUT2D eigenvalue weighted by atomic mass is 16.6. The molecule has 1 atom stereocenters. The SMILES string of the molecule is CCOC(=O)C(C)(N)COc1ccc([N+](=O)[O-])cc1OC. The van der Waals surface area contributed by atoms with Gasteiger partial charge in [0.25, 0.3) is 5.69 Å². The van der Waals surface area contributed by atoms with E-state index in [9.17, 15) is 14.9 Å². The number of nitro groups is 1. The van der Waals surface area contributed by atoms with E-state index in [1.165, 1.54) is 32.2 Å². The van der Waals surface area contributed by atoms with Crippen LogP contribution in [0.2, 0.25) is 0 Å². The number of nitrogens with two attached hydrogens (primary N) is 1. The number of hydrogen-bond acceptors (Lipinski definition) is 7. The summed E-state index contributed by atoms with van der Waals surface area (Å²) in [6.45, 7) is 3.21. The van der Waals surface area contributed by atoms with Gasteiger partial charge in [0, 0.05) is 6.07 Å². The largest absolute Gasteiger partial charge is 0.493 e. The highest BCUT2D eigenvalue weighted by molar-refractivity contribution is 5.80. The minimum atomic E-state index is -1.33. The number of methoxy groups -OCH3 is 1. The van der Waals surface area contributed by atoms with Gasteiger partial charge in [0.1, 0.15) is 12.1 Å². The van der Waals surface area contributed by atoms with Gasteiger partial charge in [-0.15, -0.1) is 0 Å². The number of hydrogen-bond donors (Lipinski definition) is 1. The van der Waals surface area contributed by atoms with E-state index < -0.39 is 16.4 Å². The van der Waals surface area contributed by atoms with Crippen molar-refractivity contribution < 1.29 is 23.9 Å². The lowest BCUT2D eigenvalue weighted by molar-refractivity contribution is -0.385. The van der Waals surface area contributed by atoms with Gasteiger partial charge < -0.3 is 19.9 Å². The third-order valence-corrected chi connectivity index (χ3v) is 2.63. The number of ether oxygens (including phenoxy) is 3. The van der Waals surface area contributed by atoms with Gasteiger partial charge in [0.2, 0.25) is 0 Å². The number of nitrogens with zero attached hydrogens (tertiary/aromatic N) is 1. The van der Waals surface area contributed by atoms with E-state index in [1.807, 2.05) is 0 Å². The second kappa shape index (κ2) is 6.89. The number of carbonyl (C=O) groups is 1. The smallest absolute Gasteiger partial charge is 0.329 e. The Kier molecular flexibility index (Phi) is 5.48. The minimum absolute atomic E-state index is 0.125. The maximum atomic E-state index is 11.6. The lowest BCUT2D eigenvalue weighted by atomic mass is 10.1. The van der Waals surface area contributed by atoms with E-state index >= 15 is 0 Å². The molecule has 0 aliphatic carbocycles. The molecule has 21 heavy (non-hydrogen) atoms. The molecule has 2 N–H and O–H groups in total. The Morgan fingerprint density at radius 1 is 1.43 bits per heavy atom. The molecule has 0 saturated carbocycles. The maximum Gasteiger partial charge on any atom is 0.329 e. The molecule has 0 bridgehead atoms. The van der Waals surface area contributed by atoms with Crippen LogP contribution in [-0.2, 0) is 9.53 Å². The van der Waals surface area contributed by atoms with Crippen LogP contribution in [0.4, 0.5) is 5.69 Å². The number of esters is 1. The van der Waals surface area contributed by atoms with Crippen molar-refractivity contribution in [2.24, 2.45) is 5.73 Å². The fourth-order valence-corrected chi connectivity index (χ4v) is 1.47. The summed E-state index contributed by atoms with van der Waals surface area (Å²) in [4.78, 5) is 21.8. The molecule has 1 aromatic rings. The fourth-order valence-electron chi connectivity index (χ4n) is 1.47.